The zero-order valence-corrected chi connectivity index (χ0v) is 9.78. The molecule has 0 aromatic heterocycles. The zero-order chi connectivity index (χ0) is 9.19. The Morgan fingerprint density at radius 2 is 1.50 bits per heavy atom. The Labute approximate surface area is 77.3 Å². The van der Waals surface area contributed by atoms with E-state index in [1.54, 1.807) is 0 Å². The lowest BCUT2D eigenvalue weighted by atomic mass is 10.1. The highest BCUT2D eigenvalue weighted by Crippen LogP contribution is 2.51. The van der Waals surface area contributed by atoms with E-state index in [1.165, 1.54) is 19.3 Å². The summed E-state index contributed by atoms with van der Waals surface area (Å²) in [4.78, 5) is 7.19. The van der Waals surface area contributed by atoms with Crippen LogP contribution in [0.25, 0.3) is 0 Å². The molecule has 1 fully saturated rings. The fraction of sp³-hybridized carbons (Fsp3) is 1.00. The van der Waals surface area contributed by atoms with Crippen molar-refractivity contribution in [1.29, 1.82) is 0 Å². The van der Waals surface area contributed by atoms with Gasteiger partial charge in [-0.25, -0.2) is 0 Å². The van der Waals surface area contributed by atoms with Crippen molar-refractivity contribution in [3.05, 3.63) is 0 Å². The van der Waals surface area contributed by atoms with Gasteiger partial charge in [-0.15, -0.1) is 0 Å². The largest absolute Gasteiger partial charge is 0.328 e. The highest BCUT2D eigenvalue weighted by atomic mass is 28.3. The normalized spacial score (nSPS) is 33.0. The minimum Gasteiger partial charge on any atom is -0.328 e. The smallest absolute Gasteiger partial charge is 0.207 e. The predicted molar refractivity (Wildman–Crippen MR) is 56.6 cm³/mol. The molecule has 0 radical (unpaired) electrons. The van der Waals surface area contributed by atoms with Gasteiger partial charge in [0.25, 0.3) is 0 Å². The van der Waals surface area contributed by atoms with Crippen molar-refractivity contribution < 1.29 is 0 Å². The lowest BCUT2D eigenvalue weighted by Gasteiger charge is -2.53. The Hall–Kier alpha value is 0.137. The second kappa shape index (κ2) is 3.90. The average molecular weight is 186 g/mol. The minimum absolute atomic E-state index is 0.956. The quantitative estimate of drug-likeness (QED) is 0.655. The maximum absolute atomic E-state index is 3.59. The van der Waals surface area contributed by atoms with Crippen LogP contribution in [0.1, 0.15) is 33.1 Å². The molecule has 0 aromatic carbocycles. The van der Waals surface area contributed by atoms with Gasteiger partial charge in [-0.2, -0.15) is 0 Å². The Balaban J connectivity index is 2.65. The van der Waals surface area contributed by atoms with Crippen molar-refractivity contribution in [2.45, 2.75) is 44.2 Å². The third kappa shape index (κ3) is 1.24. The zero-order valence-electron chi connectivity index (χ0n) is 8.78. The van der Waals surface area contributed by atoms with Gasteiger partial charge in [-0.05, 0) is 31.6 Å². The van der Waals surface area contributed by atoms with Crippen molar-refractivity contribution in [3.63, 3.8) is 0 Å². The summed E-state index contributed by atoms with van der Waals surface area (Å²) in [6.45, 7) is 4.62. The van der Waals surface area contributed by atoms with Gasteiger partial charge in [0.2, 0.25) is 8.40 Å². The van der Waals surface area contributed by atoms with Gasteiger partial charge in [0, 0.05) is 0 Å². The Morgan fingerprint density at radius 3 is 1.75 bits per heavy atom. The molecule has 0 amide bonds. The first-order valence-corrected chi connectivity index (χ1v) is 7.28. The summed E-state index contributed by atoms with van der Waals surface area (Å²) in [6.07, 6.45) is 4.12. The highest BCUT2D eigenvalue weighted by Gasteiger charge is 2.54. The molecule has 2 unspecified atom stereocenters. The monoisotopic (exact) mass is 186 g/mol. The van der Waals surface area contributed by atoms with Crippen molar-refractivity contribution >= 4 is 8.40 Å². The van der Waals surface area contributed by atoms with E-state index >= 15 is 0 Å². The molecule has 0 aromatic rings. The number of rotatable bonds is 4. The van der Waals surface area contributed by atoms with Gasteiger partial charge in [-0.1, -0.05) is 26.7 Å². The third-order valence-electron chi connectivity index (χ3n) is 3.67. The number of nitrogens with one attached hydrogen (secondary N) is 2. The second-order valence-corrected chi connectivity index (χ2v) is 8.19. The number of hydrogen-bond donors (Lipinski definition) is 2. The lowest BCUT2D eigenvalue weighted by Crippen LogP contribution is -2.71. The third-order valence-corrected chi connectivity index (χ3v) is 9.19. The number of hydrogen-bond acceptors (Lipinski definition) is 2. The van der Waals surface area contributed by atoms with Crippen molar-refractivity contribution in [2.24, 2.45) is 0 Å². The summed E-state index contributed by atoms with van der Waals surface area (Å²) >= 11 is 0. The van der Waals surface area contributed by atoms with Crippen LogP contribution in [0.2, 0.25) is 11.1 Å². The van der Waals surface area contributed by atoms with Gasteiger partial charge >= 0.3 is 0 Å². The van der Waals surface area contributed by atoms with Crippen LogP contribution in [0.5, 0.6) is 0 Å². The van der Waals surface area contributed by atoms with E-state index in [0.29, 0.717) is 0 Å². The van der Waals surface area contributed by atoms with Crippen molar-refractivity contribution in [2.75, 3.05) is 14.1 Å². The van der Waals surface area contributed by atoms with E-state index in [4.69, 9.17) is 0 Å². The molecule has 2 atom stereocenters. The maximum atomic E-state index is 3.59. The molecule has 2 nitrogen and oxygen atoms in total. The van der Waals surface area contributed by atoms with Crippen LogP contribution in [0.15, 0.2) is 0 Å². The van der Waals surface area contributed by atoms with Gasteiger partial charge in [0.1, 0.15) is 0 Å². The van der Waals surface area contributed by atoms with E-state index in [2.05, 4.69) is 37.9 Å². The summed E-state index contributed by atoms with van der Waals surface area (Å²) in [6, 6.07) is 0. The first-order chi connectivity index (χ1) is 5.75. The van der Waals surface area contributed by atoms with Crippen LogP contribution in [-0.2, 0) is 0 Å². The fourth-order valence-electron chi connectivity index (χ4n) is 2.81. The molecule has 1 saturated heterocycles. The standard InChI is InChI=1S/C9H22N2Si/c1-5-8-7-9(6-2)12(8,10-3)11-4/h8-11H,5-7H2,1-4H3. The SMILES string of the molecule is CCC1CC(CC)[Si]1(NC)NC. The van der Waals surface area contributed by atoms with Crippen LogP contribution in [0.3, 0.4) is 0 Å². The van der Waals surface area contributed by atoms with E-state index in [1.807, 2.05) is 0 Å². The molecule has 2 N–H and O–H groups in total. The van der Waals surface area contributed by atoms with Gasteiger partial charge in [-0.3, -0.25) is 0 Å². The van der Waals surface area contributed by atoms with Crippen molar-refractivity contribution in [3.8, 4) is 0 Å². The Morgan fingerprint density at radius 1 is 1.08 bits per heavy atom. The fourth-order valence-corrected chi connectivity index (χ4v) is 7.52. The van der Waals surface area contributed by atoms with Crippen LogP contribution >= 0.6 is 0 Å². The molecule has 0 saturated carbocycles. The summed E-state index contributed by atoms with van der Waals surface area (Å²) in [5.41, 5.74) is 1.91. The van der Waals surface area contributed by atoms with E-state index in [9.17, 15) is 0 Å². The van der Waals surface area contributed by atoms with E-state index in [-0.39, 0.29) is 0 Å². The molecular formula is C9H22N2Si. The molecule has 3 heteroatoms. The van der Waals surface area contributed by atoms with Crippen LogP contribution in [0.4, 0.5) is 0 Å². The maximum Gasteiger partial charge on any atom is 0.207 e. The van der Waals surface area contributed by atoms with Crippen LogP contribution in [0, 0.1) is 0 Å². The van der Waals surface area contributed by atoms with Crippen molar-refractivity contribution in [1.82, 2.24) is 9.96 Å². The molecule has 1 aliphatic heterocycles. The first kappa shape index (κ1) is 10.2. The second-order valence-electron chi connectivity index (χ2n) is 3.82. The molecule has 12 heavy (non-hydrogen) atoms. The summed E-state index contributed by atoms with van der Waals surface area (Å²) in [5.74, 6) is 0. The molecule has 0 spiro atoms. The molecule has 1 heterocycles. The van der Waals surface area contributed by atoms with Gasteiger partial charge in [0.15, 0.2) is 0 Å². The van der Waals surface area contributed by atoms with Gasteiger partial charge < -0.3 is 9.96 Å². The highest BCUT2D eigenvalue weighted by molar-refractivity contribution is 6.80. The summed E-state index contributed by atoms with van der Waals surface area (Å²) in [5, 5.41) is 0. The lowest BCUT2D eigenvalue weighted by molar-refractivity contribution is 0.492. The Kier molecular flexibility index (Phi) is 3.32. The van der Waals surface area contributed by atoms with Crippen LogP contribution < -0.4 is 9.96 Å². The van der Waals surface area contributed by atoms with E-state index in [0.717, 1.165) is 11.1 Å². The molecular weight excluding hydrogens is 164 g/mol. The molecule has 0 bridgehead atoms. The minimum atomic E-state index is -1.25. The molecule has 0 aliphatic carbocycles. The summed E-state index contributed by atoms with van der Waals surface area (Å²) < 4.78 is 0. The Bertz CT molecular complexity index is 133. The van der Waals surface area contributed by atoms with Gasteiger partial charge in [0.05, 0.1) is 0 Å². The van der Waals surface area contributed by atoms with Crippen LogP contribution in [-0.4, -0.2) is 22.5 Å². The summed E-state index contributed by atoms with van der Waals surface area (Å²) in [7, 11) is 3.01. The predicted octanol–water partition coefficient (Wildman–Crippen LogP) is 1.83. The topological polar surface area (TPSA) is 24.1 Å². The molecule has 1 rings (SSSR count). The van der Waals surface area contributed by atoms with E-state index < -0.39 is 8.40 Å². The average Bonchev–Trinajstić information content (AvgIpc) is 2.07. The molecule has 1 aliphatic rings. The first-order valence-electron chi connectivity index (χ1n) is 5.12. The molecule has 72 valence electrons.